The van der Waals surface area contributed by atoms with E-state index in [-0.39, 0.29) is 10.7 Å². The van der Waals surface area contributed by atoms with Crippen LogP contribution >= 0.6 is 23.1 Å². The van der Waals surface area contributed by atoms with Crippen LogP contribution in [0, 0.1) is 11.7 Å². The number of halogens is 1. The Morgan fingerprint density at radius 2 is 2.03 bits per heavy atom. The highest BCUT2D eigenvalue weighted by Crippen LogP contribution is 2.43. The first-order chi connectivity index (χ1) is 14.5. The molecule has 5 rings (SSSR count). The molecule has 9 heteroatoms. The van der Waals surface area contributed by atoms with E-state index in [9.17, 15) is 14.3 Å². The number of carboxylic acid groups (broad SMARTS) is 1. The zero-order valence-corrected chi connectivity index (χ0v) is 18.3. The van der Waals surface area contributed by atoms with Crippen LogP contribution in [0.4, 0.5) is 10.3 Å². The van der Waals surface area contributed by atoms with Crippen LogP contribution in [0.2, 0.25) is 0 Å². The number of benzene rings is 1. The van der Waals surface area contributed by atoms with Gasteiger partial charge >= 0.3 is 5.97 Å². The summed E-state index contributed by atoms with van der Waals surface area (Å²) in [5, 5.41) is 19.8. The molecular weight excluding hydrogens is 423 g/mol. The summed E-state index contributed by atoms with van der Waals surface area (Å²) in [7, 11) is 0. The fourth-order valence-corrected chi connectivity index (χ4v) is 6.25. The summed E-state index contributed by atoms with van der Waals surface area (Å²) in [5.74, 6) is 0.622. The van der Waals surface area contributed by atoms with Gasteiger partial charge < -0.3 is 10.0 Å². The van der Waals surface area contributed by atoms with E-state index in [0.29, 0.717) is 27.4 Å². The molecule has 1 aliphatic heterocycles. The Morgan fingerprint density at radius 3 is 2.73 bits per heavy atom. The summed E-state index contributed by atoms with van der Waals surface area (Å²) in [6.07, 6.45) is 4.53. The van der Waals surface area contributed by atoms with Crippen LogP contribution in [0.5, 0.6) is 0 Å². The Kier molecular flexibility index (Phi) is 5.18. The van der Waals surface area contributed by atoms with Crippen LogP contribution in [0.25, 0.3) is 10.1 Å². The zero-order valence-electron chi connectivity index (χ0n) is 16.7. The van der Waals surface area contributed by atoms with Crippen molar-refractivity contribution in [2.45, 2.75) is 49.6 Å². The van der Waals surface area contributed by atoms with Gasteiger partial charge in [0.2, 0.25) is 5.95 Å². The third-order valence-electron chi connectivity index (χ3n) is 5.93. The fourth-order valence-electron chi connectivity index (χ4n) is 4.06. The summed E-state index contributed by atoms with van der Waals surface area (Å²) in [6, 6.07) is 5.18. The number of anilines is 1. The molecule has 158 valence electrons. The molecular formula is C21H23FN4O2S2. The number of thioether (sulfide) groups is 1. The highest BCUT2D eigenvalue weighted by atomic mass is 32.2. The Labute approximate surface area is 182 Å². The number of aromatic carboxylic acids is 1. The minimum absolute atomic E-state index is 0.199. The predicted molar refractivity (Wildman–Crippen MR) is 117 cm³/mol. The third kappa shape index (κ3) is 3.58. The van der Waals surface area contributed by atoms with Gasteiger partial charge in [0.25, 0.3) is 0 Å². The topological polar surface area (TPSA) is 71.2 Å². The van der Waals surface area contributed by atoms with Crippen molar-refractivity contribution >= 4 is 45.1 Å². The van der Waals surface area contributed by atoms with Crippen molar-refractivity contribution < 1.29 is 14.3 Å². The summed E-state index contributed by atoms with van der Waals surface area (Å²) in [5.41, 5.74) is 0.532. The molecule has 6 nitrogen and oxygen atoms in total. The maximum Gasteiger partial charge on any atom is 0.346 e. The van der Waals surface area contributed by atoms with Gasteiger partial charge in [-0.25, -0.2) is 9.18 Å². The molecule has 1 saturated carbocycles. The normalized spacial score (nSPS) is 17.7. The number of hydrogen-bond acceptors (Lipinski definition) is 6. The largest absolute Gasteiger partial charge is 0.477 e. The van der Waals surface area contributed by atoms with Gasteiger partial charge in [0.1, 0.15) is 10.7 Å². The number of fused-ring (bicyclic) bond motifs is 1. The third-order valence-corrected chi connectivity index (χ3v) is 8.08. The van der Waals surface area contributed by atoms with E-state index in [4.69, 9.17) is 0 Å². The van der Waals surface area contributed by atoms with E-state index in [0.717, 1.165) is 67.1 Å². The molecule has 1 aliphatic carbocycles. The van der Waals surface area contributed by atoms with Gasteiger partial charge in [-0.3, -0.25) is 4.57 Å². The number of aromatic nitrogens is 3. The number of rotatable bonds is 6. The van der Waals surface area contributed by atoms with E-state index < -0.39 is 5.97 Å². The van der Waals surface area contributed by atoms with Crippen molar-refractivity contribution in [3.05, 3.63) is 34.5 Å². The number of carboxylic acids is 1. The predicted octanol–water partition coefficient (Wildman–Crippen LogP) is 5.19. The van der Waals surface area contributed by atoms with Gasteiger partial charge in [0.05, 0.1) is 0 Å². The highest BCUT2D eigenvalue weighted by molar-refractivity contribution is 7.98. The first-order valence-corrected chi connectivity index (χ1v) is 12.1. The molecule has 0 unspecified atom stereocenters. The van der Waals surface area contributed by atoms with Crippen LogP contribution in [0.1, 0.15) is 53.9 Å². The second-order valence-corrected chi connectivity index (χ2v) is 10.2. The first-order valence-electron chi connectivity index (χ1n) is 10.3. The highest BCUT2D eigenvalue weighted by Gasteiger charge is 2.33. The monoisotopic (exact) mass is 446 g/mol. The smallest absolute Gasteiger partial charge is 0.346 e. The van der Waals surface area contributed by atoms with E-state index in [1.165, 1.54) is 17.8 Å². The maximum atomic E-state index is 14.5. The molecule has 0 radical (unpaired) electrons. The van der Waals surface area contributed by atoms with Gasteiger partial charge in [-0.1, -0.05) is 24.8 Å². The average Bonchev–Trinajstić information content (AvgIpc) is 3.36. The fraction of sp³-hybridized carbons (Fsp3) is 0.476. The van der Waals surface area contributed by atoms with Crippen molar-refractivity contribution in [2.24, 2.45) is 5.92 Å². The lowest BCUT2D eigenvalue weighted by Gasteiger charge is -2.31. The van der Waals surface area contributed by atoms with E-state index >= 15 is 0 Å². The molecule has 1 aromatic carbocycles. The minimum atomic E-state index is -1.02. The van der Waals surface area contributed by atoms with Gasteiger partial charge in [-0.05, 0) is 49.3 Å². The standard InChI is InChI=1S/C21H23FN4O2S2/c1-12-7-9-25(10-8-12)20-23-24-21(26(20)13-5-6-13)29-11-14-17-15(22)3-2-4-16(17)30-18(14)19(27)28/h2-4,12-13H,5-11H2,1H3,(H,27,28). The minimum Gasteiger partial charge on any atom is -0.477 e. The Hall–Kier alpha value is -2.13. The van der Waals surface area contributed by atoms with Crippen molar-refractivity contribution in [2.75, 3.05) is 18.0 Å². The Bertz CT molecular complexity index is 1100. The maximum absolute atomic E-state index is 14.5. The van der Waals surface area contributed by atoms with Crippen LogP contribution in [0.3, 0.4) is 0 Å². The summed E-state index contributed by atoms with van der Waals surface area (Å²) in [6.45, 7) is 4.26. The Morgan fingerprint density at radius 1 is 1.27 bits per heavy atom. The lowest BCUT2D eigenvalue weighted by molar-refractivity contribution is 0.0701. The second kappa shape index (κ2) is 7.85. The van der Waals surface area contributed by atoms with Crippen LogP contribution in [-0.4, -0.2) is 38.9 Å². The van der Waals surface area contributed by atoms with Gasteiger partial charge in [-0.2, -0.15) is 0 Å². The average molecular weight is 447 g/mol. The summed E-state index contributed by atoms with van der Waals surface area (Å²) in [4.78, 5) is 14.3. The SMILES string of the molecule is CC1CCN(c2nnc(SCc3c(C(=O)O)sc4cccc(F)c34)n2C2CC2)CC1. The number of piperidine rings is 1. The molecule has 30 heavy (non-hydrogen) atoms. The molecule has 2 aliphatic rings. The van der Waals surface area contributed by atoms with Crippen molar-refractivity contribution in [1.82, 2.24) is 14.8 Å². The molecule has 0 spiro atoms. The molecule has 3 aromatic rings. The zero-order chi connectivity index (χ0) is 20.8. The van der Waals surface area contributed by atoms with E-state index in [1.54, 1.807) is 12.1 Å². The summed E-state index contributed by atoms with van der Waals surface area (Å²) >= 11 is 2.58. The number of carbonyl (C=O) groups is 1. The van der Waals surface area contributed by atoms with E-state index in [1.807, 2.05) is 0 Å². The number of nitrogens with zero attached hydrogens (tertiary/aromatic N) is 4. The Balaban J connectivity index is 1.45. The number of hydrogen-bond donors (Lipinski definition) is 1. The molecule has 1 N–H and O–H groups in total. The first kappa shape index (κ1) is 19.8. The van der Waals surface area contributed by atoms with Crippen LogP contribution in [0.15, 0.2) is 23.4 Å². The molecule has 0 atom stereocenters. The summed E-state index contributed by atoms with van der Waals surface area (Å²) < 4.78 is 17.4. The quantitative estimate of drug-likeness (QED) is 0.525. The van der Waals surface area contributed by atoms with Crippen LogP contribution < -0.4 is 4.90 Å². The second-order valence-electron chi connectivity index (χ2n) is 8.17. The number of thiophene rings is 1. The van der Waals surface area contributed by atoms with Crippen molar-refractivity contribution in [1.29, 1.82) is 0 Å². The molecule has 0 amide bonds. The van der Waals surface area contributed by atoms with Gasteiger partial charge in [0, 0.05) is 35.0 Å². The molecule has 0 bridgehead atoms. The lowest BCUT2D eigenvalue weighted by atomic mass is 10.00. The van der Waals surface area contributed by atoms with Crippen LogP contribution in [-0.2, 0) is 5.75 Å². The van der Waals surface area contributed by atoms with Gasteiger partial charge in [0.15, 0.2) is 5.16 Å². The van der Waals surface area contributed by atoms with Crippen molar-refractivity contribution in [3.63, 3.8) is 0 Å². The van der Waals surface area contributed by atoms with Crippen molar-refractivity contribution in [3.8, 4) is 0 Å². The van der Waals surface area contributed by atoms with Gasteiger partial charge in [-0.15, -0.1) is 21.5 Å². The lowest BCUT2D eigenvalue weighted by Crippen LogP contribution is -2.34. The molecule has 2 fully saturated rings. The molecule has 3 heterocycles. The molecule has 2 aromatic heterocycles. The molecule has 1 saturated heterocycles. The van der Waals surface area contributed by atoms with E-state index in [2.05, 4.69) is 26.6 Å².